The van der Waals surface area contributed by atoms with Crippen molar-refractivity contribution in [3.05, 3.63) is 35.3 Å². The molecule has 3 aromatic heterocycles. The minimum Gasteiger partial charge on any atom is -0.414 e. The molecule has 5 heterocycles. The number of ether oxygens (including phenoxy) is 1. The topological polar surface area (TPSA) is 265 Å². The highest BCUT2D eigenvalue weighted by atomic mass is 32.5. The van der Waals surface area contributed by atoms with E-state index in [4.69, 9.17) is 47.6 Å². The predicted octanol–water partition coefficient (Wildman–Crippen LogP) is 6.84. The van der Waals surface area contributed by atoms with Crippen molar-refractivity contribution < 1.29 is 50.1 Å². The Balaban J connectivity index is 1.44. The summed E-state index contributed by atoms with van der Waals surface area (Å²) >= 11 is 6.21. The highest BCUT2D eigenvalue weighted by molar-refractivity contribution is 8.07. The zero-order chi connectivity index (χ0) is 47.4. The van der Waals surface area contributed by atoms with Gasteiger partial charge in [0.2, 0.25) is 11.9 Å². The van der Waals surface area contributed by atoms with E-state index < -0.39 is 80.1 Å². The van der Waals surface area contributed by atoms with Crippen LogP contribution < -0.4 is 16.2 Å². The molecule has 0 spiro atoms. The third kappa shape index (κ3) is 11.5. The Bertz CT molecular complexity index is 2270. The number of aromatic amines is 1. The van der Waals surface area contributed by atoms with Crippen molar-refractivity contribution in [1.29, 1.82) is 5.26 Å². The first-order valence-electron chi connectivity index (χ1n) is 22.0. The normalized spacial score (nSPS) is 26.6. The number of carbonyl (C=O) groups is 1. The van der Waals surface area contributed by atoms with Gasteiger partial charge in [-0.25, -0.2) is 15.0 Å². The number of carbonyl (C=O) groups excluding carboxylic acids is 1. The number of nitrogens with one attached hydrogen (secondary N) is 3. The number of nitriles is 1. The fourth-order valence-corrected chi connectivity index (χ4v) is 22.5. The summed E-state index contributed by atoms with van der Waals surface area (Å²) in [5.74, 6) is -0.755. The van der Waals surface area contributed by atoms with Crippen LogP contribution in [0.1, 0.15) is 94.7 Å². The van der Waals surface area contributed by atoms with E-state index in [1.807, 2.05) is 0 Å². The van der Waals surface area contributed by atoms with Crippen LogP contribution in [0.25, 0.3) is 11.2 Å². The molecule has 2 saturated heterocycles. The monoisotopic (exact) mass is 998 g/mol. The lowest BCUT2D eigenvalue weighted by Crippen LogP contribution is -2.65. The maximum Gasteiger partial charge on any atom is 0.695 e. The molecule has 1 unspecified atom stereocenters. The van der Waals surface area contributed by atoms with Crippen molar-refractivity contribution in [2.45, 2.75) is 147 Å². The third-order valence-electron chi connectivity index (χ3n) is 12.0. The van der Waals surface area contributed by atoms with Crippen LogP contribution in [0, 0.1) is 23.2 Å². The van der Waals surface area contributed by atoms with Crippen molar-refractivity contribution in [2.24, 2.45) is 11.8 Å². The van der Waals surface area contributed by atoms with Gasteiger partial charge in [-0.3, -0.25) is 29.0 Å². The number of hydrogen-bond acceptors (Lipinski definition) is 18. The summed E-state index contributed by atoms with van der Waals surface area (Å²) in [6, 6.07) is 3.57. The van der Waals surface area contributed by atoms with E-state index >= 15 is 0 Å². The number of imidazole rings is 1. The van der Waals surface area contributed by atoms with Gasteiger partial charge in [-0.05, 0) is 52.9 Å². The van der Waals surface area contributed by atoms with Crippen LogP contribution in [0.2, 0.25) is 22.2 Å². The van der Waals surface area contributed by atoms with E-state index in [9.17, 15) is 24.3 Å². The number of amides is 1. The number of rotatable bonds is 19. The highest BCUT2D eigenvalue weighted by Crippen LogP contribution is 2.57. The molecule has 21 nitrogen and oxygen atoms in total. The van der Waals surface area contributed by atoms with Crippen LogP contribution in [-0.4, -0.2) is 108 Å². The lowest BCUT2D eigenvalue weighted by Gasteiger charge is -2.51. The second-order valence-electron chi connectivity index (χ2n) is 18.1. The fourth-order valence-electron chi connectivity index (χ4n) is 8.74. The summed E-state index contributed by atoms with van der Waals surface area (Å²) < 4.78 is 67.8. The standard InChI is InChI=1S/C39H61N9O12P2SSi2/c1-22(2)36(49)46-39-45-35-32(37(50)47-39)43-21-48(35)38-34(33-30(56-38)19-55-64(23(3)4,24(5)6)60-65(59-33,25(7)8)26(9)10)58-62(63,53-15-11-13-40)54-18-27-16-28(17-29(27)57-61(51)52)44-31-12-14-41-20-42-31/h12,14,20-30,33-34,38H,11,15-19H2,1-10H3,(H3-,41,42,44,45,46,47,49,50,51,52)/p+1/t27-,28-,29+,30-,33-,34-,38-,62-/m1/s1. The Morgan fingerprint density at radius 1 is 1.09 bits per heavy atom. The zero-order valence-electron chi connectivity index (χ0n) is 38.4. The Morgan fingerprint density at radius 3 is 2.42 bits per heavy atom. The van der Waals surface area contributed by atoms with Gasteiger partial charge in [0.15, 0.2) is 17.4 Å². The molecule has 4 N–H and O–H groups in total. The van der Waals surface area contributed by atoms with Crippen LogP contribution in [0.5, 0.6) is 0 Å². The zero-order valence-corrected chi connectivity index (χ0v) is 43.0. The van der Waals surface area contributed by atoms with Crippen LogP contribution >= 0.6 is 15.0 Å². The molecule has 0 aromatic carbocycles. The van der Waals surface area contributed by atoms with E-state index in [0.29, 0.717) is 18.7 Å². The molecule has 3 aliphatic rings. The van der Waals surface area contributed by atoms with E-state index in [1.54, 1.807) is 26.1 Å². The molecule has 0 radical (unpaired) electrons. The third-order valence-corrected chi connectivity index (χ3v) is 25.1. The number of aromatic nitrogens is 6. The Labute approximate surface area is 387 Å². The SMILES string of the molecule is CC(C)C(=O)Nc1nc2c(ncn2[C@@H]2O[C@@H]3CO[Si](C(C)C)(C(C)C)O[Si](C(C)C)(C(C)C)O[C@H]3[C@H]2O[P@@](=S)(OCCC#N)OC[C@H]2C[C@@H](Nc3ccncn3)C[C@@H]2O[P+](=O)O)c(=O)[nH]1. The maximum atomic E-state index is 13.5. The molecule has 1 saturated carbocycles. The predicted molar refractivity (Wildman–Crippen MR) is 247 cm³/mol. The number of nitrogens with zero attached hydrogens (tertiary/aromatic N) is 6. The van der Waals surface area contributed by atoms with E-state index in [-0.39, 0.29) is 77.5 Å². The van der Waals surface area contributed by atoms with Gasteiger partial charge >= 0.3 is 32.1 Å². The molecule has 26 heteroatoms. The van der Waals surface area contributed by atoms with Crippen LogP contribution in [0.15, 0.2) is 29.7 Å². The lowest BCUT2D eigenvalue weighted by molar-refractivity contribution is -0.118. The van der Waals surface area contributed by atoms with Gasteiger partial charge in [-0.1, -0.05) is 69.2 Å². The molecule has 9 atom stereocenters. The number of hydrogen-bond donors (Lipinski definition) is 4. The smallest absolute Gasteiger partial charge is 0.414 e. The van der Waals surface area contributed by atoms with Gasteiger partial charge in [-0.15, -0.1) is 9.42 Å². The van der Waals surface area contributed by atoms with E-state index in [1.165, 1.54) is 17.2 Å². The van der Waals surface area contributed by atoms with Gasteiger partial charge in [0.1, 0.15) is 36.6 Å². The number of fused-ring (bicyclic) bond motifs is 2. The van der Waals surface area contributed by atoms with Gasteiger partial charge < -0.3 is 32.1 Å². The second kappa shape index (κ2) is 21.5. The summed E-state index contributed by atoms with van der Waals surface area (Å²) in [5.41, 5.74) is -0.629. The summed E-state index contributed by atoms with van der Waals surface area (Å²) in [6.45, 7) is 16.1. The number of anilines is 2. The van der Waals surface area contributed by atoms with Crippen molar-refractivity contribution >= 4 is 72.7 Å². The Kier molecular flexibility index (Phi) is 17.0. The molecule has 1 aliphatic carbocycles. The average Bonchev–Trinajstić information content (AvgIpc) is 3.91. The Morgan fingerprint density at radius 2 is 1.80 bits per heavy atom. The van der Waals surface area contributed by atoms with Gasteiger partial charge in [0, 0.05) is 28.6 Å². The highest BCUT2D eigenvalue weighted by Gasteiger charge is 2.63. The quantitative estimate of drug-likeness (QED) is 0.0544. The molecule has 358 valence electrons. The van der Waals surface area contributed by atoms with Crippen LogP contribution in [0.3, 0.4) is 0 Å². The maximum absolute atomic E-state index is 13.5. The van der Waals surface area contributed by atoms with E-state index in [2.05, 4.69) is 97.0 Å². The van der Waals surface area contributed by atoms with Gasteiger partial charge in [-0.2, -0.15) is 10.2 Å². The molecular formula is C39H62N9O12P2SSi2+. The number of H-pyrrole nitrogens is 1. The summed E-state index contributed by atoms with van der Waals surface area (Å²) in [7, 11) is -9.34. The minimum absolute atomic E-state index is 0.0283. The molecule has 6 rings (SSSR count). The van der Waals surface area contributed by atoms with Crippen LogP contribution in [-0.2, 0) is 57.0 Å². The molecule has 3 aromatic rings. The Hall–Kier alpha value is -2.99. The van der Waals surface area contributed by atoms with Gasteiger partial charge in [0.05, 0.1) is 38.6 Å². The van der Waals surface area contributed by atoms with Crippen molar-refractivity contribution in [2.75, 3.05) is 30.5 Å². The average molecular weight is 999 g/mol. The first-order valence-corrected chi connectivity index (χ1v) is 29.6. The molecule has 2 aliphatic heterocycles. The fraction of sp³-hybridized carbons (Fsp3) is 0.718. The largest absolute Gasteiger partial charge is 0.695 e. The van der Waals surface area contributed by atoms with E-state index in [0.717, 1.165) is 0 Å². The van der Waals surface area contributed by atoms with Gasteiger partial charge in [0.25, 0.3) is 5.56 Å². The minimum atomic E-state index is -3.93. The van der Waals surface area contributed by atoms with Crippen molar-refractivity contribution in [3.63, 3.8) is 0 Å². The van der Waals surface area contributed by atoms with Crippen LogP contribution in [0.4, 0.5) is 11.8 Å². The summed E-state index contributed by atoms with van der Waals surface area (Å²) in [5, 5.41) is 15.6. The first kappa shape index (κ1) is 51.4. The lowest BCUT2D eigenvalue weighted by atomic mass is 10.1. The second-order valence-corrected chi connectivity index (χ2v) is 30.6. The molecule has 3 fully saturated rings. The molecule has 1 amide bonds. The molecular weight excluding hydrogens is 937 g/mol. The first-order chi connectivity index (χ1) is 30.7. The summed E-state index contributed by atoms with van der Waals surface area (Å²) in [4.78, 5) is 55.9. The summed E-state index contributed by atoms with van der Waals surface area (Å²) in [6.07, 6.45) is 0.439. The van der Waals surface area contributed by atoms with Crippen molar-refractivity contribution in [3.8, 4) is 6.07 Å². The molecule has 65 heavy (non-hydrogen) atoms. The van der Waals surface area contributed by atoms with Crippen molar-refractivity contribution in [1.82, 2.24) is 29.5 Å². The molecule has 0 bridgehead atoms.